The molecule has 0 radical (unpaired) electrons. The van der Waals surface area contributed by atoms with Crippen LogP contribution in [-0.2, 0) is 20.5 Å². The fourth-order valence-electron chi connectivity index (χ4n) is 5.27. The predicted molar refractivity (Wildman–Crippen MR) is 169 cm³/mol. The lowest BCUT2D eigenvalue weighted by atomic mass is 9.89. The van der Waals surface area contributed by atoms with Gasteiger partial charge in [-0.3, -0.25) is 0 Å². The summed E-state index contributed by atoms with van der Waals surface area (Å²) in [6.45, 7) is 17.2. The van der Waals surface area contributed by atoms with Crippen molar-refractivity contribution in [1.29, 1.82) is 0 Å². The van der Waals surface area contributed by atoms with E-state index in [1.807, 2.05) is 57.3 Å². The average molecular weight is 612 g/mol. The summed E-state index contributed by atoms with van der Waals surface area (Å²) >= 11 is 0. The molecular weight excluding hydrogens is 565 g/mol. The van der Waals surface area contributed by atoms with Gasteiger partial charge in [0.1, 0.15) is 18.0 Å². The third-order valence-electron chi connectivity index (χ3n) is 8.42. The molecule has 43 heavy (non-hydrogen) atoms. The topological polar surface area (TPSA) is 92.9 Å². The van der Waals surface area contributed by atoms with E-state index in [0.717, 1.165) is 16.5 Å². The third kappa shape index (κ3) is 8.17. The summed E-state index contributed by atoms with van der Waals surface area (Å²) in [7, 11) is -2.16. The van der Waals surface area contributed by atoms with E-state index in [-0.39, 0.29) is 42.1 Å². The number of benzene rings is 2. The van der Waals surface area contributed by atoms with Gasteiger partial charge in [0.25, 0.3) is 0 Å². The molecule has 1 saturated heterocycles. The van der Waals surface area contributed by atoms with Crippen molar-refractivity contribution >= 4 is 31.4 Å². The van der Waals surface area contributed by atoms with Gasteiger partial charge in [-0.25, -0.2) is 14.0 Å². The molecular formula is C33H46FN3O5Si. The van der Waals surface area contributed by atoms with Crippen LogP contribution in [0, 0.1) is 5.82 Å². The molecule has 1 fully saturated rings. The Balaban J connectivity index is 1.65. The van der Waals surface area contributed by atoms with Crippen molar-refractivity contribution < 1.29 is 27.9 Å². The highest BCUT2D eigenvalue weighted by Crippen LogP contribution is 2.41. The molecule has 1 unspecified atom stereocenters. The van der Waals surface area contributed by atoms with Crippen molar-refractivity contribution in [2.75, 3.05) is 13.1 Å². The van der Waals surface area contributed by atoms with Crippen molar-refractivity contribution in [3.05, 3.63) is 71.7 Å². The molecule has 0 spiro atoms. The summed E-state index contributed by atoms with van der Waals surface area (Å²) in [6.07, 6.45) is 1.21. The molecule has 10 heteroatoms. The van der Waals surface area contributed by atoms with Crippen LogP contribution < -0.4 is 5.32 Å². The van der Waals surface area contributed by atoms with Crippen molar-refractivity contribution in [2.45, 2.75) is 96.4 Å². The number of nitrogens with zero attached hydrogens (tertiary/aromatic N) is 1. The van der Waals surface area contributed by atoms with E-state index < -0.39 is 26.1 Å². The van der Waals surface area contributed by atoms with E-state index in [4.69, 9.17) is 13.9 Å². The van der Waals surface area contributed by atoms with Gasteiger partial charge in [-0.15, -0.1) is 0 Å². The van der Waals surface area contributed by atoms with Gasteiger partial charge in [0.2, 0.25) is 0 Å². The molecule has 1 aliphatic rings. The third-order valence-corrected chi connectivity index (χ3v) is 13.0. The number of amides is 2. The number of carbonyl (C=O) groups is 2. The number of hydrogen-bond acceptors (Lipinski definition) is 5. The Bertz CT molecular complexity index is 1410. The number of fused-ring (bicyclic) bond motifs is 1. The van der Waals surface area contributed by atoms with Crippen LogP contribution in [0.4, 0.5) is 14.0 Å². The van der Waals surface area contributed by atoms with Crippen LogP contribution in [0.25, 0.3) is 10.9 Å². The van der Waals surface area contributed by atoms with Crippen molar-refractivity contribution in [3.63, 3.8) is 0 Å². The molecule has 1 aromatic heterocycles. The SMILES string of the molecule is CC(C)(C)OC(=O)N1C[C@H](O[Si](C)(C)C(C)(C)C)C[C@@H]1C(CNC(=O)OCc1ccccc1)c1c[nH]c2cc(F)ccc12. The minimum Gasteiger partial charge on any atom is -0.445 e. The Labute approximate surface area is 255 Å². The highest BCUT2D eigenvalue weighted by molar-refractivity contribution is 6.74. The van der Waals surface area contributed by atoms with Crippen LogP contribution in [-0.4, -0.2) is 61.2 Å². The molecule has 4 rings (SSSR count). The summed E-state index contributed by atoms with van der Waals surface area (Å²) in [5.74, 6) is -0.705. The molecule has 2 aromatic carbocycles. The van der Waals surface area contributed by atoms with E-state index in [1.54, 1.807) is 11.0 Å². The fourth-order valence-corrected chi connectivity index (χ4v) is 6.62. The number of H-pyrrole nitrogens is 1. The monoisotopic (exact) mass is 611 g/mol. The number of rotatable bonds is 8. The number of aromatic nitrogens is 1. The van der Waals surface area contributed by atoms with Crippen LogP contribution in [0.1, 0.15) is 65.0 Å². The number of likely N-dealkylation sites (tertiary alicyclic amines) is 1. The van der Waals surface area contributed by atoms with Crippen LogP contribution in [0.3, 0.4) is 0 Å². The number of aromatic amines is 1. The van der Waals surface area contributed by atoms with Gasteiger partial charge in [0.15, 0.2) is 8.32 Å². The Morgan fingerprint density at radius 1 is 1.09 bits per heavy atom. The van der Waals surface area contributed by atoms with E-state index in [0.29, 0.717) is 18.5 Å². The summed E-state index contributed by atoms with van der Waals surface area (Å²) < 4.78 is 32.2. The molecule has 8 nitrogen and oxygen atoms in total. The highest BCUT2D eigenvalue weighted by atomic mass is 28.4. The average Bonchev–Trinajstić information content (AvgIpc) is 3.50. The molecule has 2 amide bonds. The van der Waals surface area contributed by atoms with Crippen LogP contribution >= 0.6 is 0 Å². The fraction of sp³-hybridized carbons (Fsp3) is 0.515. The van der Waals surface area contributed by atoms with Gasteiger partial charge in [-0.05, 0) is 74.7 Å². The van der Waals surface area contributed by atoms with Gasteiger partial charge >= 0.3 is 12.2 Å². The molecule has 0 bridgehead atoms. The molecule has 1 aliphatic heterocycles. The van der Waals surface area contributed by atoms with Gasteiger partial charge in [-0.2, -0.15) is 0 Å². The quantitative estimate of drug-likeness (QED) is 0.255. The number of ether oxygens (including phenoxy) is 2. The van der Waals surface area contributed by atoms with Gasteiger partial charge in [-0.1, -0.05) is 51.1 Å². The lowest BCUT2D eigenvalue weighted by Crippen LogP contribution is -2.46. The van der Waals surface area contributed by atoms with Crippen molar-refractivity contribution in [3.8, 4) is 0 Å². The summed E-state index contributed by atoms with van der Waals surface area (Å²) in [5, 5.41) is 3.74. The van der Waals surface area contributed by atoms with Crippen LogP contribution in [0.2, 0.25) is 18.1 Å². The lowest BCUT2D eigenvalue weighted by molar-refractivity contribution is 0.0191. The standard InChI is InChI=1S/C33H46FN3O5Si/c1-32(2,3)41-31(39)37-20-24(42-43(7,8)33(4,5)6)17-29(37)27(26-18-35-28-16-23(34)14-15-25(26)28)19-36-30(38)40-21-22-12-10-9-11-13-22/h9-16,18,24,27,29,35H,17,19-21H2,1-8H3,(H,36,38)/t24-,27?,29-/m1/s1. The molecule has 2 N–H and O–H groups in total. The number of halogens is 1. The molecule has 3 atom stereocenters. The molecule has 3 aromatic rings. The second-order valence-corrected chi connectivity index (χ2v) is 18.7. The van der Waals surface area contributed by atoms with E-state index in [2.05, 4.69) is 44.2 Å². The maximum Gasteiger partial charge on any atom is 0.410 e. The first kappa shape index (κ1) is 32.5. The number of alkyl carbamates (subject to hydrolysis) is 1. The van der Waals surface area contributed by atoms with Crippen molar-refractivity contribution in [1.82, 2.24) is 15.2 Å². The Hall–Kier alpha value is -3.37. The van der Waals surface area contributed by atoms with Crippen LogP contribution in [0.15, 0.2) is 54.7 Å². The predicted octanol–water partition coefficient (Wildman–Crippen LogP) is 7.72. The first-order valence-electron chi connectivity index (χ1n) is 14.9. The minimum absolute atomic E-state index is 0.00772. The normalized spacial score (nSPS) is 18.5. The second kappa shape index (κ2) is 12.7. The number of carbonyl (C=O) groups excluding carboxylic acids is 2. The first-order valence-corrected chi connectivity index (χ1v) is 17.8. The zero-order valence-electron chi connectivity index (χ0n) is 26.6. The molecule has 2 heterocycles. The molecule has 234 valence electrons. The smallest absolute Gasteiger partial charge is 0.410 e. The van der Waals surface area contributed by atoms with Gasteiger partial charge in [0, 0.05) is 42.1 Å². The minimum atomic E-state index is -2.16. The maximum atomic E-state index is 14.1. The Kier molecular flexibility index (Phi) is 9.61. The Morgan fingerprint density at radius 3 is 2.44 bits per heavy atom. The van der Waals surface area contributed by atoms with E-state index >= 15 is 0 Å². The zero-order valence-corrected chi connectivity index (χ0v) is 27.6. The lowest BCUT2D eigenvalue weighted by Gasteiger charge is -2.38. The van der Waals surface area contributed by atoms with E-state index in [9.17, 15) is 14.0 Å². The van der Waals surface area contributed by atoms with Gasteiger partial charge in [0.05, 0.1) is 6.10 Å². The number of hydrogen-bond donors (Lipinski definition) is 2. The first-order chi connectivity index (χ1) is 20.0. The van der Waals surface area contributed by atoms with Gasteiger partial charge < -0.3 is 29.1 Å². The second-order valence-electron chi connectivity index (χ2n) is 13.9. The largest absolute Gasteiger partial charge is 0.445 e. The van der Waals surface area contributed by atoms with Crippen molar-refractivity contribution in [2.24, 2.45) is 0 Å². The molecule has 0 aliphatic carbocycles. The zero-order chi connectivity index (χ0) is 31.6. The van der Waals surface area contributed by atoms with E-state index in [1.165, 1.54) is 12.1 Å². The summed E-state index contributed by atoms with van der Waals surface area (Å²) in [5.41, 5.74) is 1.70. The maximum absolute atomic E-state index is 14.1. The highest BCUT2D eigenvalue weighted by Gasteiger charge is 2.47. The van der Waals surface area contributed by atoms with Crippen LogP contribution in [0.5, 0.6) is 0 Å². The Morgan fingerprint density at radius 2 is 1.79 bits per heavy atom. The number of nitrogens with one attached hydrogen (secondary N) is 2. The molecule has 0 saturated carbocycles. The summed E-state index contributed by atoms with van der Waals surface area (Å²) in [6, 6.07) is 13.7. The summed E-state index contributed by atoms with van der Waals surface area (Å²) in [4.78, 5) is 31.4.